The highest BCUT2D eigenvalue weighted by molar-refractivity contribution is 5.79. The summed E-state index contributed by atoms with van der Waals surface area (Å²) in [5.74, 6) is 0.366. The van der Waals surface area contributed by atoms with Crippen LogP contribution in [-0.2, 0) is 4.79 Å². The molecule has 1 saturated carbocycles. The van der Waals surface area contributed by atoms with Crippen molar-refractivity contribution in [1.82, 2.24) is 10.2 Å². The number of carboxylic acid groups (broad SMARTS) is 1. The summed E-state index contributed by atoms with van der Waals surface area (Å²) in [4.78, 5) is 24.7. The van der Waals surface area contributed by atoms with Crippen molar-refractivity contribution < 1.29 is 14.7 Å². The zero-order valence-corrected chi connectivity index (χ0v) is 11.3. The van der Waals surface area contributed by atoms with Crippen molar-refractivity contribution in [3.05, 3.63) is 0 Å². The molecule has 0 radical (unpaired) electrons. The van der Waals surface area contributed by atoms with E-state index in [1.165, 1.54) is 0 Å². The van der Waals surface area contributed by atoms with E-state index in [4.69, 9.17) is 5.11 Å². The fraction of sp³-hybridized carbons (Fsp3) is 0.846. The summed E-state index contributed by atoms with van der Waals surface area (Å²) >= 11 is 0. The lowest BCUT2D eigenvalue weighted by Crippen LogP contribution is -2.42. The maximum atomic E-state index is 12.0. The number of urea groups is 1. The van der Waals surface area contributed by atoms with E-state index in [1.807, 2.05) is 0 Å². The molecule has 0 bridgehead atoms. The van der Waals surface area contributed by atoms with Gasteiger partial charge in [0.1, 0.15) is 0 Å². The van der Waals surface area contributed by atoms with Crippen molar-refractivity contribution in [3.63, 3.8) is 0 Å². The fourth-order valence-electron chi connectivity index (χ4n) is 2.68. The van der Waals surface area contributed by atoms with Gasteiger partial charge in [-0.05, 0) is 31.6 Å². The molecule has 1 saturated heterocycles. The van der Waals surface area contributed by atoms with Crippen molar-refractivity contribution in [2.45, 2.75) is 39.7 Å². The van der Waals surface area contributed by atoms with E-state index in [9.17, 15) is 9.59 Å². The number of carboxylic acids is 1. The van der Waals surface area contributed by atoms with Gasteiger partial charge >= 0.3 is 12.0 Å². The first-order valence-electron chi connectivity index (χ1n) is 6.62. The van der Waals surface area contributed by atoms with Gasteiger partial charge in [-0.15, -0.1) is 0 Å². The second kappa shape index (κ2) is 4.44. The summed E-state index contributed by atoms with van der Waals surface area (Å²) in [6.07, 6.45) is 1.58. The molecule has 2 amide bonds. The smallest absolute Gasteiger partial charge is 0.317 e. The Morgan fingerprint density at radius 3 is 2.56 bits per heavy atom. The summed E-state index contributed by atoms with van der Waals surface area (Å²) in [6, 6.07) is 0.183. The van der Waals surface area contributed by atoms with Crippen LogP contribution in [0.4, 0.5) is 4.79 Å². The number of aliphatic carboxylic acids is 1. The molecular formula is C13H22N2O3. The Bertz CT molecular complexity index is 369. The van der Waals surface area contributed by atoms with Gasteiger partial charge < -0.3 is 15.3 Å². The Kier molecular flexibility index (Phi) is 3.25. The SMILES string of the molecule is CC(C)[C@@H]1C[C@H]1NC(=O)N1CCC(C)(C(=O)O)C1. The fourth-order valence-corrected chi connectivity index (χ4v) is 2.68. The van der Waals surface area contributed by atoms with Crippen LogP contribution in [0.25, 0.3) is 0 Å². The lowest BCUT2D eigenvalue weighted by atomic mass is 9.90. The van der Waals surface area contributed by atoms with Gasteiger partial charge in [-0.25, -0.2) is 4.79 Å². The van der Waals surface area contributed by atoms with E-state index >= 15 is 0 Å². The standard InChI is InChI=1S/C13H22N2O3/c1-8(2)9-6-10(9)14-12(18)15-5-4-13(3,7-15)11(16)17/h8-10H,4-7H2,1-3H3,(H,14,18)(H,16,17)/t9-,10+,13?/m0/s1. The largest absolute Gasteiger partial charge is 0.481 e. The molecule has 1 aliphatic heterocycles. The van der Waals surface area contributed by atoms with Gasteiger partial charge in [0.15, 0.2) is 0 Å². The van der Waals surface area contributed by atoms with E-state index < -0.39 is 11.4 Å². The predicted octanol–water partition coefficient (Wildman–Crippen LogP) is 1.54. The van der Waals surface area contributed by atoms with Gasteiger partial charge in [0.25, 0.3) is 0 Å². The third kappa shape index (κ3) is 2.44. The third-order valence-electron chi connectivity index (χ3n) is 4.28. The highest BCUT2D eigenvalue weighted by Gasteiger charge is 2.45. The topological polar surface area (TPSA) is 69.6 Å². The Balaban J connectivity index is 1.84. The second-order valence-electron chi connectivity index (χ2n) is 6.24. The van der Waals surface area contributed by atoms with Gasteiger partial charge in [0.2, 0.25) is 0 Å². The number of nitrogens with zero attached hydrogens (tertiary/aromatic N) is 1. The molecule has 2 aliphatic rings. The molecule has 1 heterocycles. The maximum absolute atomic E-state index is 12.0. The van der Waals surface area contributed by atoms with Crippen LogP contribution in [0.1, 0.15) is 33.6 Å². The van der Waals surface area contributed by atoms with Crippen molar-refractivity contribution in [3.8, 4) is 0 Å². The molecule has 5 heteroatoms. The number of rotatable bonds is 3. The summed E-state index contributed by atoms with van der Waals surface area (Å²) in [6.45, 7) is 6.87. The number of nitrogens with one attached hydrogen (secondary N) is 1. The highest BCUT2D eigenvalue weighted by atomic mass is 16.4. The molecule has 0 aromatic heterocycles. The van der Waals surface area contributed by atoms with Crippen LogP contribution in [0.2, 0.25) is 0 Å². The van der Waals surface area contributed by atoms with Gasteiger partial charge in [0.05, 0.1) is 5.41 Å². The maximum Gasteiger partial charge on any atom is 0.317 e. The molecule has 0 aromatic carbocycles. The zero-order valence-electron chi connectivity index (χ0n) is 11.3. The normalized spacial score (nSPS) is 34.8. The van der Waals surface area contributed by atoms with Gasteiger partial charge in [-0.1, -0.05) is 13.8 Å². The minimum absolute atomic E-state index is 0.104. The van der Waals surface area contributed by atoms with Gasteiger partial charge in [0, 0.05) is 19.1 Å². The molecule has 2 fully saturated rings. The van der Waals surface area contributed by atoms with Crippen LogP contribution in [0.5, 0.6) is 0 Å². The molecule has 102 valence electrons. The molecule has 18 heavy (non-hydrogen) atoms. The Labute approximate surface area is 108 Å². The molecule has 3 atom stereocenters. The highest BCUT2D eigenvalue weighted by Crippen LogP contribution is 2.37. The summed E-state index contributed by atoms with van der Waals surface area (Å²) < 4.78 is 0. The number of carbonyl (C=O) groups is 2. The molecule has 5 nitrogen and oxygen atoms in total. The Morgan fingerprint density at radius 1 is 1.44 bits per heavy atom. The molecule has 1 unspecified atom stereocenters. The monoisotopic (exact) mass is 254 g/mol. The first kappa shape index (κ1) is 13.2. The number of amides is 2. The van der Waals surface area contributed by atoms with Crippen LogP contribution in [0, 0.1) is 17.3 Å². The Morgan fingerprint density at radius 2 is 2.11 bits per heavy atom. The van der Waals surface area contributed by atoms with Crippen LogP contribution in [0.15, 0.2) is 0 Å². The first-order valence-corrected chi connectivity index (χ1v) is 6.62. The zero-order chi connectivity index (χ0) is 13.5. The minimum atomic E-state index is -0.815. The van der Waals surface area contributed by atoms with Crippen LogP contribution >= 0.6 is 0 Å². The molecule has 1 aliphatic carbocycles. The molecule has 0 aromatic rings. The van der Waals surface area contributed by atoms with Crippen molar-refractivity contribution in [1.29, 1.82) is 0 Å². The number of likely N-dealkylation sites (tertiary alicyclic amines) is 1. The van der Waals surface area contributed by atoms with Crippen molar-refractivity contribution in [2.24, 2.45) is 17.3 Å². The van der Waals surface area contributed by atoms with Crippen LogP contribution < -0.4 is 5.32 Å². The van der Waals surface area contributed by atoms with E-state index in [0.717, 1.165) is 6.42 Å². The number of hydrogen-bond acceptors (Lipinski definition) is 2. The van der Waals surface area contributed by atoms with Crippen LogP contribution in [-0.4, -0.2) is 41.1 Å². The summed E-state index contributed by atoms with van der Waals surface area (Å²) in [7, 11) is 0. The Hall–Kier alpha value is -1.26. The minimum Gasteiger partial charge on any atom is -0.481 e. The average Bonchev–Trinajstić information content (AvgIpc) is 2.92. The van der Waals surface area contributed by atoms with Gasteiger partial charge in [-0.2, -0.15) is 0 Å². The first-order chi connectivity index (χ1) is 8.33. The second-order valence-corrected chi connectivity index (χ2v) is 6.24. The summed E-state index contributed by atoms with van der Waals surface area (Å²) in [5.41, 5.74) is -0.779. The lowest BCUT2D eigenvalue weighted by Gasteiger charge is -2.20. The quantitative estimate of drug-likeness (QED) is 0.802. The molecular weight excluding hydrogens is 232 g/mol. The number of hydrogen-bond donors (Lipinski definition) is 2. The van der Waals surface area contributed by atoms with Crippen LogP contribution in [0.3, 0.4) is 0 Å². The summed E-state index contributed by atoms with van der Waals surface area (Å²) in [5, 5.41) is 12.1. The number of carbonyl (C=O) groups excluding carboxylic acids is 1. The average molecular weight is 254 g/mol. The van der Waals surface area contributed by atoms with Crippen molar-refractivity contribution in [2.75, 3.05) is 13.1 Å². The third-order valence-corrected chi connectivity index (χ3v) is 4.28. The lowest BCUT2D eigenvalue weighted by molar-refractivity contribution is -0.146. The van der Waals surface area contributed by atoms with E-state index in [1.54, 1.807) is 11.8 Å². The van der Waals surface area contributed by atoms with Crippen molar-refractivity contribution >= 4 is 12.0 Å². The van der Waals surface area contributed by atoms with Gasteiger partial charge in [-0.3, -0.25) is 4.79 Å². The molecule has 0 spiro atoms. The molecule has 2 rings (SSSR count). The predicted molar refractivity (Wildman–Crippen MR) is 67.2 cm³/mol. The van der Waals surface area contributed by atoms with E-state index in [0.29, 0.717) is 31.3 Å². The van der Waals surface area contributed by atoms with E-state index in [-0.39, 0.29) is 12.1 Å². The molecule has 2 N–H and O–H groups in total. The van der Waals surface area contributed by atoms with E-state index in [2.05, 4.69) is 19.2 Å².